The smallest absolute Gasteiger partial charge is 0.120 e. The molecule has 3 aromatic carbocycles. The molecule has 3 nitrogen and oxygen atoms in total. The van der Waals surface area contributed by atoms with Crippen molar-refractivity contribution in [3.8, 4) is 27.3 Å². The van der Waals surface area contributed by atoms with Gasteiger partial charge in [-0.2, -0.15) is 0 Å². The average molecular weight is 491 g/mol. The summed E-state index contributed by atoms with van der Waals surface area (Å²) in [4.78, 5) is 6.14. The van der Waals surface area contributed by atoms with Crippen LogP contribution in [0.2, 0.25) is 0 Å². The van der Waals surface area contributed by atoms with Gasteiger partial charge in [-0.25, -0.2) is 0 Å². The molecule has 33 heavy (non-hydrogen) atoms. The van der Waals surface area contributed by atoms with Gasteiger partial charge >= 0.3 is 0 Å². The van der Waals surface area contributed by atoms with Crippen LogP contribution in [0.1, 0.15) is 11.1 Å². The molecule has 1 N–H and O–H groups in total. The van der Waals surface area contributed by atoms with E-state index in [0.29, 0.717) is 5.75 Å². The highest BCUT2D eigenvalue weighted by Crippen LogP contribution is 2.42. The fourth-order valence-electron chi connectivity index (χ4n) is 4.34. The second-order valence-electron chi connectivity index (χ2n) is 8.41. The van der Waals surface area contributed by atoms with Crippen LogP contribution in [0, 0.1) is 3.82 Å². The summed E-state index contributed by atoms with van der Waals surface area (Å²) in [6, 6.07) is 27.0. The molecule has 1 fully saturated rings. The highest BCUT2D eigenvalue weighted by molar-refractivity contribution is 7.80. The number of aromatic hydroxyl groups is 1. The summed E-state index contributed by atoms with van der Waals surface area (Å²) < 4.78 is 0.907. The third-order valence-electron chi connectivity index (χ3n) is 6.14. The van der Waals surface area contributed by atoms with Crippen LogP contribution in [0.25, 0.3) is 21.6 Å². The lowest BCUT2D eigenvalue weighted by Gasteiger charge is -2.34. The van der Waals surface area contributed by atoms with Crippen LogP contribution in [-0.2, 0) is 13.1 Å². The Hall–Kier alpha value is -2.35. The molecule has 1 aromatic heterocycles. The molecular formula is C27H26N2OS3. The van der Waals surface area contributed by atoms with Crippen LogP contribution < -0.4 is 0 Å². The molecule has 0 bridgehead atoms. The van der Waals surface area contributed by atoms with E-state index in [1.165, 1.54) is 16.0 Å². The average Bonchev–Trinajstić information content (AvgIpc) is 3.24. The van der Waals surface area contributed by atoms with Crippen molar-refractivity contribution in [3.05, 3.63) is 93.8 Å². The Morgan fingerprint density at radius 3 is 2.06 bits per heavy atom. The molecule has 1 saturated heterocycles. The molecule has 0 spiro atoms. The molecule has 0 aliphatic carbocycles. The maximum absolute atomic E-state index is 10.6. The Labute approximate surface area is 207 Å². The Morgan fingerprint density at radius 2 is 1.36 bits per heavy atom. The quantitative estimate of drug-likeness (QED) is 0.235. The number of hydrogen-bond donors (Lipinski definition) is 1. The third kappa shape index (κ3) is 5.26. The zero-order valence-electron chi connectivity index (χ0n) is 18.3. The summed E-state index contributed by atoms with van der Waals surface area (Å²) in [5.74, 6) is 0.358. The van der Waals surface area contributed by atoms with E-state index in [1.54, 1.807) is 20.7 Å². The van der Waals surface area contributed by atoms with Gasteiger partial charge in [0.2, 0.25) is 0 Å². The minimum atomic E-state index is 0.358. The van der Waals surface area contributed by atoms with Gasteiger partial charge < -0.3 is 5.11 Å². The summed E-state index contributed by atoms with van der Waals surface area (Å²) in [7, 11) is 3.38. The summed E-state index contributed by atoms with van der Waals surface area (Å²) in [6.07, 6.45) is 0. The predicted molar refractivity (Wildman–Crippen MR) is 143 cm³/mol. The second kappa shape index (κ2) is 10.3. The SMILES string of the molecule is Oc1ccc(-c2c(-c3ccccc3)ssc2=S)cc1CN1CCN(Cc2ccccc2)CC1. The van der Waals surface area contributed by atoms with Crippen molar-refractivity contribution in [1.82, 2.24) is 9.80 Å². The van der Waals surface area contributed by atoms with E-state index in [1.807, 2.05) is 18.2 Å². The van der Waals surface area contributed by atoms with Gasteiger partial charge in [0.1, 0.15) is 9.57 Å². The van der Waals surface area contributed by atoms with Gasteiger partial charge in [0.05, 0.1) is 4.88 Å². The van der Waals surface area contributed by atoms with Crippen LogP contribution >= 0.6 is 32.9 Å². The standard InChI is InChI=1S/C27H26N2OS3/c30-24-12-11-22(25-26(32-33-27(25)31)21-9-5-2-6-10-21)17-23(24)19-29-15-13-28(14-16-29)18-20-7-3-1-4-8-20/h1-12,17,30H,13-16,18-19H2. The van der Waals surface area contributed by atoms with Crippen LogP contribution in [0.15, 0.2) is 78.9 Å². The largest absolute Gasteiger partial charge is 0.508 e. The molecule has 168 valence electrons. The van der Waals surface area contributed by atoms with E-state index in [-0.39, 0.29) is 0 Å². The normalized spacial score (nSPS) is 15.0. The van der Waals surface area contributed by atoms with Crippen LogP contribution in [0.5, 0.6) is 5.75 Å². The van der Waals surface area contributed by atoms with Crippen molar-refractivity contribution in [2.24, 2.45) is 0 Å². The zero-order chi connectivity index (χ0) is 22.6. The van der Waals surface area contributed by atoms with E-state index in [9.17, 15) is 5.11 Å². The van der Waals surface area contributed by atoms with Crippen LogP contribution in [-0.4, -0.2) is 41.1 Å². The molecule has 1 aliphatic heterocycles. The molecule has 5 rings (SSSR count). The fraction of sp³-hybridized carbons (Fsp3) is 0.222. The van der Waals surface area contributed by atoms with Gasteiger partial charge in [0, 0.05) is 50.4 Å². The molecule has 0 unspecified atom stereocenters. The van der Waals surface area contributed by atoms with Gasteiger partial charge in [-0.1, -0.05) is 99.6 Å². The Morgan fingerprint density at radius 1 is 0.727 bits per heavy atom. The first kappa shape index (κ1) is 22.4. The minimum absolute atomic E-state index is 0.358. The molecule has 0 atom stereocenters. The van der Waals surface area contributed by atoms with Gasteiger partial charge in [0.15, 0.2) is 0 Å². The van der Waals surface area contributed by atoms with E-state index in [0.717, 1.165) is 59.8 Å². The number of nitrogens with zero attached hydrogens (tertiary/aromatic N) is 2. The Balaban J connectivity index is 1.31. The molecule has 0 radical (unpaired) electrons. The molecule has 0 saturated carbocycles. The lowest BCUT2D eigenvalue weighted by molar-refractivity contribution is 0.121. The maximum atomic E-state index is 10.6. The van der Waals surface area contributed by atoms with E-state index in [2.05, 4.69) is 70.5 Å². The molecule has 0 amide bonds. The number of benzene rings is 3. The molecule has 6 heteroatoms. The van der Waals surface area contributed by atoms with Crippen LogP contribution in [0.4, 0.5) is 0 Å². The van der Waals surface area contributed by atoms with Crippen LogP contribution in [0.3, 0.4) is 0 Å². The summed E-state index contributed by atoms with van der Waals surface area (Å²) >= 11 is 5.71. The zero-order valence-corrected chi connectivity index (χ0v) is 20.8. The lowest BCUT2D eigenvalue weighted by Crippen LogP contribution is -2.45. The number of phenols is 1. The minimum Gasteiger partial charge on any atom is -0.508 e. The second-order valence-corrected chi connectivity index (χ2v) is 11.2. The Kier molecular flexibility index (Phi) is 6.99. The predicted octanol–water partition coefficient (Wildman–Crippen LogP) is 6.90. The number of rotatable bonds is 6. The first-order valence-electron chi connectivity index (χ1n) is 11.2. The Bertz CT molecular complexity index is 1260. The van der Waals surface area contributed by atoms with Crippen molar-refractivity contribution in [2.45, 2.75) is 13.1 Å². The highest BCUT2D eigenvalue weighted by atomic mass is 32.9. The van der Waals surface area contributed by atoms with Crippen molar-refractivity contribution in [3.63, 3.8) is 0 Å². The monoisotopic (exact) mass is 490 g/mol. The van der Waals surface area contributed by atoms with Crippen molar-refractivity contribution < 1.29 is 5.11 Å². The van der Waals surface area contributed by atoms with Crippen molar-refractivity contribution in [1.29, 1.82) is 0 Å². The summed E-state index contributed by atoms with van der Waals surface area (Å²) in [6.45, 7) is 5.82. The van der Waals surface area contributed by atoms with E-state index < -0.39 is 0 Å². The fourth-order valence-corrected chi connectivity index (χ4v) is 7.26. The van der Waals surface area contributed by atoms with Crippen molar-refractivity contribution in [2.75, 3.05) is 26.2 Å². The number of piperazine rings is 1. The highest BCUT2D eigenvalue weighted by Gasteiger charge is 2.19. The number of phenolic OH excluding ortho intramolecular Hbond substituents is 1. The molecule has 2 heterocycles. The van der Waals surface area contributed by atoms with E-state index >= 15 is 0 Å². The van der Waals surface area contributed by atoms with Gasteiger partial charge in [-0.05, 0) is 28.8 Å². The molecule has 4 aromatic rings. The molecule has 1 aliphatic rings. The topological polar surface area (TPSA) is 26.7 Å². The summed E-state index contributed by atoms with van der Waals surface area (Å²) in [5, 5.41) is 10.6. The van der Waals surface area contributed by atoms with Crippen molar-refractivity contribution >= 4 is 32.9 Å². The first-order valence-corrected chi connectivity index (χ1v) is 13.7. The number of hydrogen-bond acceptors (Lipinski definition) is 6. The van der Waals surface area contributed by atoms with Gasteiger partial charge in [-0.15, -0.1) is 0 Å². The molecular weight excluding hydrogens is 465 g/mol. The maximum Gasteiger partial charge on any atom is 0.120 e. The summed E-state index contributed by atoms with van der Waals surface area (Å²) in [5.41, 5.74) is 5.72. The lowest BCUT2D eigenvalue weighted by atomic mass is 10.0. The van der Waals surface area contributed by atoms with Gasteiger partial charge in [0.25, 0.3) is 0 Å². The van der Waals surface area contributed by atoms with Gasteiger partial charge in [-0.3, -0.25) is 9.80 Å². The third-order valence-corrected chi connectivity index (χ3v) is 9.21. The van der Waals surface area contributed by atoms with E-state index in [4.69, 9.17) is 12.2 Å². The first-order chi connectivity index (χ1) is 16.2.